The largest absolute Gasteiger partial charge is 0.264 e. The summed E-state index contributed by atoms with van der Waals surface area (Å²) in [6.07, 6.45) is 7.15. The molecule has 0 unspecified atom stereocenters. The van der Waals surface area contributed by atoms with Crippen LogP contribution in [-0.4, -0.2) is 10.5 Å². The van der Waals surface area contributed by atoms with Crippen LogP contribution in [-0.2, 0) is 0 Å². The molecule has 1 atom stereocenters. The van der Waals surface area contributed by atoms with Crippen molar-refractivity contribution in [2.45, 2.75) is 38.6 Å². The third-order valence-electron chi connectivity index (χ3n) is 2.63. The lowest BCUT2D eigenvalue weighted by atomic mass is 9.81. The van der Waals surface area contributed by atoms with Gasteiger partial charge in [0.05, 0.1) is 0 Å². The fourth-order valence-corrected chi connectivity index (χ4v) is 1.54. The van der Waals surface area contributed by atoms with E-state index in [1.807, 2.05) is 6.08 Å². The summed E-state index contributed by atoms with van der Waals surface area (Å²) in [5, 5.41) is 10.7. The molecule has 0 spiro atoms. The molecule has 0 aromatic heterocycles. The standard InChI is InChI=1S/C9H15NO2/c1-9(2,10(11)12)8-6-4-3-5-7-8/h4,6,8H,3,5,7H2,1-2H3/t8-/m0/s1. The molecule has 0 bridgehead atoms. The van der Waals surface area contributed by atoms with Gasteiger partial charge in [0.1, 0.15) is 0 Å². The van der Waals surface area contributed by atoms with Gasteiger partial charge in [-0.1, -0.05) is 12.2 Å². The predicted molar refractivity (Wildman–Crippen MR) is 47.6 cm³/mol. The molecule has 0 aromatic carbocycles. The average Bonchev–Trinajstić information content (AvgIpc) is 2.06. The Kier molecular flexibility index (Phi) is 2.50. The molecule has 0 radical (unpaired) electrons. The van der Waals surface area contributed by atoms with Gasteiger partial charge in [-0.15, -0.1) is 0 Å². The van der Waals surface area contributed by atoms with Crippen LogP contribution in [0.2, 0.25) is 0 Å². The van der Waals surface area contributed by atoms with Crippen molar-refractivity contribution in [1.29, 1.82) is 0 Å². The molecular weight excluding hydrogens is 154 g/mol. The molecule has 0 saturated carbocycles. The summed E-state index contributed by atoms with van der Waals surface area (Å²) in [6, 6.07) is 0. The third-order valence-corrected chi connectivity index (χ3v) is 2.63. The van der Waals surface area contributed by atoms with Gasteiger partial charge in [0.2, 0.25) is 5.54 Å². The van der Waals surface area contributed by atoms with Crippen molar-refractivity contribution in [3.8, 4) is 0 Å². The fourth-order valence-electron chi connectivity index (χ4n) is 1.54. The molecule has 0 saturated heterocycles. The molecule has 12 heavy (non-hydrogen) atoms. The first-order chi connectivity index (χ1) is 5.55. The molecule has 3 nitrogen and oxygen atoms in total. The Morgan fingerprint density at radius 2 is 2.25 bits per heavy atom. The van der Waals surface area contributed by atoms with Crippen LogP contribution in [0.5, 0.6) is 0 Å². The van der Waals surface area contributed by atoms with Gasteiger partial charge >= 0.3 is 0 Å². The lowest BCUT2D eigenvalue weighted by Gasteiger charge is -2.25. The first-order valence-electron chi connectivity index (χ1n) is 4.36. The van der Waals surface area contributed by atoms with Gasteiger partial charge in [-0.2, -0.15) is 0 Å². The van der Waals surface area contributed by atoms with E-state index in [1.165, 1.54) is 0 Å². The lowest BCUT2D eigenvalue weighted by molar-refractivity contribution is -0.569. The van der Waals surface area contributed by atoms with Crippen LogP contribution in [0.25, 0.3) is 0 Å². The van der Waals surface area contributed by atoms with Gasteiger partial charge in [0, 0.05) is 24.7 Å². The van der Waals surface area contributed by atoms with E-state index in [4.69, 9.17) is 0 Å². The highest BCUT2D eigenvalue weighted by atomic mass is 16.6. The maximum atomic E-state index is 10.7. The van der Waals surface area contributed by atoms with Crippen molar-refractivity contribution in [3.63, 3.8) is 0 Å². The second-order valence-corrected chi connectivity index (χ2v) is 3.88. The van der Waals surface area contributed by atoms with Crippen molar-refractivity contribution < 1.29 is 4.92 Å². The maximum Gasteiger partial charge on any atom is 0.222 e. The Morgan fingerprint density at radius 3 is 2.67 bits per heavy atom. The van der Waals surface area contributed by atoms with Crippen molar-refractivity contribution in [1.82, 2.24) is 0 Å². The van der Waals surface area contributed by atoms with E-state index in [2.05, 4.69) is 6.08 Å². The molecule has 68 valence electrons. The summed E-state index contributed by atoms with van der Waals surface area (Å²) in [4.78, 5) is 10.5. The zero-order valence-electron chi connectivity index (χ0n) is 7.62. The monoisotopic (exact) mass is 169 g/mol. The Bertz CT molecular complexity index is 209. The van der Waals surface area contributed by atoms with Crippen molar-refractivity contribution in [2.24, 2.45) is 5.92 Å². The van der Waals surface area contributed by atoms with E-state index in [9.17, 15) is 10.1 Å². The molecule has 0 heterocycles. The molecule has 1 rings (SSSR count). The minimum atomic E-state index is -0.795. The highest BCUT2D eigenvalue weighted by molar-refractivity contribution is 4.99. The first-order valence-corrected chi connectivity index (χ1v) is 4.36. The molecular formula is C9H15NO2. The number of nitrogens with zero attached hydrogens (tertiary/aromatic N) is 1. The molecule has 0 aromatic rings. The highest BCUT2D eigenvalue weighted by Gasteiger charge is 2.39. The topological polar surface area (TPSA) is 43.1 Å². The van der Waals surface area contributed by atoms with Crippen LogP contribution in [0.4, 0.5) is 0 Å². The number of rotatable bonds is 2. The van der Waals surface area contributed by atoms with E-state index in [-0.39, 0.29) is 10.8 Å². The van der Waals surface area contributed by atoms with Gasteiger partial charge in [0.15, 0.2) is 0 Å². The van der Waals surface area contributed by atoms with Crippen LogP contribution >= 0.6 is 0 Å². The molecule has 0 fully saturated rings. The minimum absolute atomic E-state index is 0.112. The van der Waals surface area contributed by atoms with Gasteiger partial charge in [-0.3, -0.25) is 10.1 Å². The van der Waals surface area contributed by atoms with E-state index >= 15 is 0 Å². The molecule has 0 N–H and O–H groups in total. The van der Waals surface area contributed by atoms with Crippen LogP contribution in [0, 0.1) is 16.0 Å². The first kappa shape index (κ1) is 9.23. The molecule has 0 aliphatic heterocycles. The lowest BCUT2D eigenvalue weighted by Crippen LogP contribution is -2.39. The van der Waals surface area contributed by atoms with Gasteiger partial charge in [-0.25, -0.2) is 0 Å². The highest BCUT2D eigenvalue weighted by Crippen LogP contribution is 2.29. The quantitative estimate of drug-likeness (QED) is 0.362. The fraction of sp³-hybridized carbons (Fsp3) is 0.778. The number of allylic oxidation sites excluding steroid dienone is 1. The second-order valence-electron chi connectivity index (χ2n) is 3.88. The smallest absolute Gasteiger partial charge is 0.222 e. The van der Waals surface area contributed by atoms with E-state index in [1.54, 1.807) is 13.8 Å². The maximum absolute atomic E-state index is 10.7. The third kappa shape index (κ3) is 1.65. The van der Waals surface area contributed by atoms with E-state index < -0.39 is 5.54 Å². The Balaban J connectivity index is 2.73. The SMILES string of the molecule is CC(C)([C@H]1C=CCCC1)[N+](=O)[O-]. The van der Waals surface area contributed by atoms with Crippen molar-refractivity contribution in [2.75, 3.05) is 0 Å². The van der Waals surface area contributed by atoms with Crippen LogP contribution in [0.15, 0.2) is 12.2 Å². The number of hydrogen-bond donors (Lipinski definition) is 0. The van der Waals surface area contributed by atoms with Gasteiger partial charge in [-0.05, 0) is 19.3 Å². The van der Waals surface area contributed by atoms with Crippen LogP contribution < -0.4 is 0 Å². The molecule has 0 amide bonds. The normalized spacial score (nSPS) is 24.0. The van der Waals surface area contributed by atoms with Crippen molar-refractivity contribution >= 4 is 0 Å². The zero-order valence-corrected chi connectivity index (χ0v) is 7.62. The predicted octanol–water partition coefficient (Wildman–Crippen LogP) is 2.40. The van der Waals surface area contributed by atoms with Gasteiger partial charge < -0.3 is 0 Å². The summed E-state index contributed by atoms with van der Waals surface area (Å²) in [5.41, 5.74) is -0.795. The zero-order chi connectivity index (χ0) is 9.19. The Labute approximate surface area is 72.6 Å². The molecule has 1 aliphatic carbocycles. The summed E-state index contributed by atoms with van der Waals surface area (Å²) in [5.74, 6) is 0.112. The molecule has 3 heteroatoms. The summed E-state index contributed by atoms with van der Waals surface area (Å²) in [6.45, 7) is 3.40. The average molecular weight is 169 g/mol. The number of nitro groups is 1. The molecule has 1 aliphatic rings. The number of hydrogen-bond acceptors (Lipinski definition) is 2. The van der Waals surface area contributed by atoms with E-state index in [0.717, 1.165) is 19.3 Å². The van der Waals surface area contributed by atoms with Crippen LogP contribution in [0.1, 0.15) is 33.1 Å². The van der Waals surface area contributed by atoms with Crippen LogP contribution in [0.3, 0.4) is 0 Å². The van der Waals surface area contributed by atoms with E-state index in [0.29, 0.717) is 0 Å². The summed E-state index contributed by atoms with van der Waals surface area (Å²) < 4.78 is 0. The minimum Gasteiger partial charge on any atom is -0.264 e. The summed E-state index contributed by atoms with van der Waals surface area (Å²) >= 11 is 0. The summed E-state index contributed by atoms with van der Waals surface area (Å²) in [7, 11) is 0. The van der Waals surface area contributed by atoms with Crippen molar-refractivity contribution in [3.05, 3.63) is 22.3 Å². The second kappa shape index (κ2) is 3.25. The Hall–Kier alpha value is -0.860. The Morgan fingerprint density at radius 1 is 1.58 bits per heavy atom. The van der Waals surface area contributed by atoms with Gasteiger partial charge in [0.25, 0.3) is 0 Å².